The van der Waals surface area contributed by atoms with E-state index in [0.717, 1.165) is 57.8 Å². The lowest BCUT2D eigenvalue weighted by Gasteiger charge is -2.31. The molecular weight excluding hydrogens is 452 g/mol. The predicted octanol–water partition coefficient (Wildman–Crippen LogP) is 2.80. The number of amides is 1. The Kier molecular flexibility index (Phi) is 6.78. The van der Waals surface area contributed by atoms with Crippen LogP contribution in [0.2, 0.25) is 5.02 Å². The lowest BCUT2D eigenvalue weighted by molar-refractivity contribution is 0.0793. The van der Waals surface area contributed by atoms with Gasteiger partial charge in [0.1, 0.15) is 10.6 Å². The van der Waals surface area contributed by atoms with Gasteiger partial charge in [-0.3, -0.25) is 9.52 Å². The van der Waals surface area contributed by atoms with Gasteiger partial charge >= 0.3 is 0 Å². The third-order valence-electron chi connectivity index (χ3n) is 5.75. The Bertz CT molecular complexity index is 1100. The molecular formula is C22H27ClN4O4S. The molecule has 0 aliphatic carbocycles. The molecule has 172 valence electrons. The number of rotatable bonds is 6. The largest absolute Gasteiger partial charge is 0.495 e. The minimum atomic E-state index is -4.03. The number of ether oxygens (including phenoxy) is 1. The van der Waals surface area contributed by atoms with Gasteiger partial charge in [0.25, 0.3) is 15.9 Å². The molecule has 0 spiro atoms. The van der Waals surface area contributed by atoms with Gasteiger partial charge in [-0.25, -0.2) is 8.42 Å². The molecule has 0 radical (unpaired) electrons. The van der Waals surface area contributed by atoms with Crippen LogP contribution >= 0.6 is 11.6 Å². The molecule has 2 saturated heterocycles. The fourth-order valence-corrected chi connectivity index (χ4v) is 5.59. The smallest absolute Gasteiger partial charge is 0.265 e. The summed E-state index contributed by atoms with van der Waals surface area (Å²) in [5, 5.41) is 3.58. The number of likely N-dealkylation sites (tertiary alicyclic amines) is 1. The third kappa shape index (κ3) is 4.79. The fraction of sp³-hybridized carbons (Fsp3) is 0.409. The third-order valence-corrected chi connectivity index (χ3v) is 7.38. The van der Waals surface area contributed by atoms with Crippen LogP contribution in [0.15, 0.2) is 41.3 Å². The van der Waals surface area contributed by atoms with E-state index in [2.05, 4.69) is 14.9 Å². The van der Waals surface area contributed by atoms with Crippen molar-refractivity contribution >= 4 is 38.9 Å². The number of carbonyl (C=O) groups is 1. The Morgan fingerprint density at radius 1 is 1.06 bits per heavy atom. The number of anilines is 2. The zero-order chi connectivity index (χ0) is 22.7. The number of nitrogens with zero attached hydrogens (tertiary/aromatic N) is 2. The molecule has 1 amide bonds. The summed E-state index contributed by atoms with van der Waals surface area (Å²) in [6.45, 7) is 4.49. The van der Waals surface area contributed by atoms with Gasteiger partial charge < -0.3 is 19.9 Å². The molecule has 10 heteroatoms. The van der Waals surface area contributed by atoms with Crippen LogP contribution in [-0.4, -0.2) is 65.6 Å². The summed E-state index contributed by atoms with van der Waals surface area (Å²) < 4.78 is 34.6. The summed E-state index contributed by atoms with van der Waals surface area (Å²) in [6, 6.07) is 9.67. The SMILES string of the molecule is COc1ccc(Cl)cc1S(=O)(=O)Nc1cc(C(=O)N2CCCC2)ccc1N1CCNCC1. The number of benzene rings is 2. The highest BCUT2D eigenvalue weighted by Crippen LogP contribution is 2.33. The number of halogens is 1. The summed E-state index contributed by atoms with van der Waals surface area (Å²) in [4.78, 5) is 16.8. The monoisotopic (exact) mass is 478 g/mol. The van der Waals surface area contributed by atoms with E-state index >= 15 is 0 Å². The summed E-state index contributed by atoms with van der Waals surface area (Å²) in [5.74, 6) is 0.102. The Morgan fingerprint density at radius 2 is 1.78 bits per heavy atom. The molecule has 8 nitrogen and oxygen atoms in total. The van der Waals surface area contributed by atoms with E-state index in [9.17, 15) is 13.2 Å². The van der Waals surface area contributed by atoms with E-state index < -0.39 is 10.0 Å². The molecule has 0 atom stereocenters. The van der Waals surface area contributed by atoms with Crippen LogP contribution in [0.4, 0.5) is 11.4 Å². The molecule has 0 aromatic heterocycles. The van der Waals surface area contributed by atoms with Crippen LogP contribution in [-0.2, 0) is 10.0 Å². The van der Waals surface area contributed by atoms with E-state index in [1.165, 1.54) is 19.2 Å². The van der Waals surface area contributed by atoms with Crippen LogP contribution in [0, 0.1) is 0 Å². The number of carbonyl (C=O) groups excluding carboxylic acids is 1. The maximum atomic E-state index is 13.3. The highest BCUT2D eigenvalue weighted by Gasteiger charge is 2.26. The first-order valence-corrected chi connectivity index (χ1v) is 12.5. The lowest BCUT2D eigenvalue weighted by Crippen LogP contribution is -2.43. The van der Waals surface area contributed by atoms with Crippen molar-refractivity contribution in [2.45, 2.75) is 17.7 Å². The number of nitrogens with one attached hydrogen (secondary N) is 2. The highest BCUT2D eigenvalue weighted by molar-refractivity contribution is 7.92. The maximum Gasteiger partial charge on any atom is 0.265 e. The minimum absolute atomic E-state index is 0.0602. The van der Waals surface area contributed by atoms with Gasteiger partial charge in [0.15, 0.2) is 0 Å². The van der Waals surface area contributed by atoms with Crippen molar-refractivity contribution in [2.24, 2.45) is 0 Å². The Labute approximate surface area is 193 Å². The van der Waals surface area contributed by atoms with Gasteiger partial charge in [0, 0.05) is 49.9 Å². The van der Waals surface area contributed by atoms with Crippen molar-refractivity contribution in [3.63, 3.8) is 0 Å². The van der Waals surface area contributed by atoms with Crippen molar-refractivity contribution in [1.29, 1.82) is 0 Å². The zero-order valence-electron chi connectivity index (χ0n) is 17.9. The van der Waals surface area contributed by atoms with Crippen molar-refractivity contribution in [3.05, 3.63) is 47.0 Å². The fourth-order valence-electron chi connectivity index (χ4n) is 4.10. The number of hydrogen-bond donors (Lipinski definition) is 2. The van der Waals surface area contributed by atoms with Crippen LogP contribution in [0.25, 0.3) is 0 Å². The lowest BCUT2D eigenvalue weighted by atomic mass is 10.1. The minimum Gasteiger partial charge on any atom is -0.495 e. The Balaban J connectivity index is 1.73. The number of sulfonamides is 1. The molecule has 32 heavy (non-hydrogen) atoms. The summed E-state index contributed by atoms with van der Waals surface area (Å²) in [6.07, 6.45) is 1.97. The highest BCUT2D eigenvalue weighted by atomic mass is 35.5. The first-order chi connectivity index (χ1) is 15.4. The Morgan fingerprint density at radius 3 is 2.47 bits per heavy atom. The molecule has 0 bridgehead atoms. The molecule has 2 heterocycles. The van der Waals surface area contributed by atoms with Crippen molar-refractivity contribution < 1.29 is 17.9 Å². The van der Waals surface area contributed by atoms with E-state index in [-0.39, 0.29) is 21.6 Å². The van der Waals surface area contributed by atoms with Gasteiger partial charge in [0.2, 0.25) is 0 Å². The van der Waals surface area contributed by atoms with Gasteiger partial charge in [-0.1, -0.05) is 11.6 Å². The molecule has 0 saturated carbocycles. The van der Waals surface area contributed by atoms with Gasteiger partial charge in [-0.15, -0.1) is 0 Å². The molecule has 2 aromatic rings. The Hall–Kier alpha value is -2.49. The average molecular weight is 479 g/mol. The molecule has 2 N–H and O–H groups in total. The van der Waals surface area contributed by atoms with Crippen LogP contribution in [0.3, 0.4) is 0 Å². The van der Waals surface area contributed by atoms with Crippen LogP contribution < -0.4 is 19.7 Å². The topological polar surface area (TPSA) is 91.0 Å². The molecule has 2 aliphatic rings. The van der Waals surface area contributed by atoms with E-state index in [1.807, 2.05) is 6.07 Å². The van der Waals surface area contributed by atoms with Gasteiger partial charge in [-0.2, -0.15) is 0 Å². The second-order valence-corrected chi connectivity index (χ2v) is 9.96. The quantitative estimate of drug-likeness (QED) is 0.663. The van der Waals surface area contributed by atoms with Crippen molar-refractivity contribution in [3.8, 4) is 5.75 Å². The maximum absolute atomic E-state index is 13.3. The second-order valence-electron chi connectivity index (χ2n) is 7.87. The number of methoxy groups -OCH3 is 1. The zero-order valence-corrected chi connectivity index (χ0v) is 19.5. The van der Waals surface area contributed by atoms with Crippen molar-refractivity contribution in [2.75, 3.05) is 56.0 Å². The molecule has 0 unspecified atom stereocenters. The summed E-state index contributed by atoms with van der Waals surface area (Å²) in [5.41, 5.74) is 1.55. The molecule has 4 rings (SSSR count). The first-order valence-electron chi connectivity index (χ1n) is 10.6. The van der Waals surface area contributed by atoms with E-state index in [4.69, 9.17) is 16.3 Å². The number of hydrogen-bond acceptors (Lipinski definition) is 6. The van der Waals surface area contributed by atoms with Gasteiger partial charge in [-0.05, 0) is 49.2 Å². The molecule has 2 aromatic carbocycles. The summed E-state index contributed by atoms with van der Waals surface area (Å²) in [7, 11) is -2.62. The van der Waals surface area contributed by atoms with Gasteiger partial charge in [0.05, 0.1) is 18.5 Å². The van der Waals surface area contributed by atoms with E-state index in [1.54, 1.807) is 23.1 Å². The first kappa shape index (κ1) is 22.7. The van der Waals surface area contributed by atoms with Crippen LogP contribution in [0.1, 0.15) is 23.2 Å². The molecule has 2 fully saturated rings. The second kappa shape index (κ2) is 9.56. The predicted molar refractivity (Wildman–Crippen MR) is 125 cm³/mol. The summed E-state index contributed by atoms with van der Waals surface area (Å²) >= 11 is 6.06. The van der Waals surface area contributed by atoms with Crippen molar-refractivity contribution in [1.82, 2.24) is 10.2 Å². The van der Waals surface area contributed by atoms with E-state index in [0.29, 0.717) is 11.3 Å². The normalized spacial score (nSPS) is 16.8. The molecule has 2 aliphatic heterocycles. The average Bonchev–Trinajstić information content (AvgIpc) is 3.34. The van der Waals surface area contributed by atoms with Crippen LogP contribution in [0.5, 0.6) is 5.75 Å². The standard InChI is InChI=1S/C22H27ClN4O4S/c1-31-20-7-5-17(23)15-21(20)32(29,30)25-18-14-16(22(28)27-10-2-3-11-27)4-6-19(18)26-12-8-24-9-13-26/h4-7,14-15,24-25H,2-3,8-13H2,1H3. The number of piperazine rings is 1.